The quantitative estimate of drug-likeness (QED) is 0.166. The minimum atomic E-state index is 0.632. The maximum absolute atomic E-state index is 5.67. The van der Waals surface area contributed by atoms with Crippen molar-refractivity contribution in [2.75, 3.05) is 0 Å². The van der Waals surface area contributed by atoms with Gasteiger partial charge in [0.2, 0.25) is 0 Å². The fourth-order valence-corrected chi connectivity index (χ4v) is 9.13. The van der Waals surface area contributed by atoms with Gasteiger partial charge in [0, 0.05) is 53.4 Å². The van der Waals surface area contributed by atoms with Crippen LogP contribution in [-0.4, -0.2) is 19.9 Å². The third-order valence-electron chi connectivity index (χ3n) is 10.5. The molecular formula is C50H30N4S. The van der Waals surface area contributed by atoms with Crippen LogP contribution >= 0.6 is 11.3 Å². The summed E-state index contributed by atoms with van der Waals surface area (Å²) in [5, 5.41) is 8.50. The summed E-state index contributed by atoms with van der Waals surface area (Å²) >= 11 is 1.85. The highest BCUT2D eigenvalue weighted by molar-refractivity contribution is 7.26. The zero-order valence-electron chi connectivity index (χ0n) is 29.5. The van der Waals surface area contributed by atoms with Crippen LogP contribution in [0, 0.1) is 0 Å². The van der Waals surface area contributed by atoms with Gasteiger partial charge >= 0.3 is 0 Å². The first kappa shape index (κ1) is 31.4. The number of nitrogens with zero attached hydrogens (tertiary/aromatic N) is 4. The van der Waals surface area contributed by atoms with Crippen LogP contribution in [0.2, 0.25) is 0 Å². The SMILES string of the molecule is c1ccc(-c2nc(-c3ccccc3)nc(-c3ccc(-c4cccc5c4nc(-c4cc6ccccc6c6ccccc46)c4c6ccccc6sc54)cc3)n2)cc1. The van der Waals surface area contributed by atoms with Crippen molar-refractivity contribution in [2.45, 2.75) is 0 Å². The van der Waals surface area contributed by atoms with Crippen molar-refractivity contribution in [1.29, 1.82) is 0 Å². The largest absolute Gasteiger partial charge is 0.246 e. The third kappa shape index (κ3) is 5.28. The van der Waals surface area contributed by atoms with Crippen molar-refractivity contribution in [3.8, 4) is 56.5 Å². The van der Waals surface area contributed by atoms with Crippen LogP contribution in [0.4, 0.5) is 0 Å². The van der Waals surface area contributed by atoms with Gasteiger partial charge in [0.1, 0.15) is 0 Å². The molecule has 0 aliphatic rings. The molecule has 0 saturated heterocycles. The summed E-state index contributed by atoms with van der Waals surface area (Å²) in [6, 6.07) is 63.8. The van der Waals surface area contributed by atoms with E-state index in [1.807, 2.05) is 72.0 Å². The number of rotatable bonds is 5. The molecule has 0 bridgehead atoms. The van der Waals surface area contributed by atoms with Gasteiger partial charge in [-0.2, -0.15) is 0 Å². The summed E-state index contributed by atoms with van der Waals surface area (Å²) in [7, 11) is 0. The van der Waals surface area contributed by atoms with Gasteiger partial charge in [-0.15, -0.1) is 11.3 Å². The molecule has 55 heavy (non-hydrogen) atoms. The summed E-state index contributed by atoms with van der Waals surface area (Å²) in [5.74, 6) is 1.92. The Morgan fingerprint density at radius 1 is 0.345 bits per heavy atom. The van der Waals surface area contributed by atoms with Crippen LogP contribution in [0.5, 0.6) is 0 Å². The Labute approximate surface area is 321 Å². The molecule has 0 aliphatic carbocycles. The van der Waals surface area contributed by atoms with E-state index < -0.39 is 0 Å². The normalized spacial score (nSPS) is 11.6. The standard InChI is InChI=1S/C50H30N4S/c1-3-14-32(15-4-1)48-52-49(33-16-5-2-6-17-33)54-50(53-48)34-28-26-31(27-29-34)37-23-13-24-41-45(37)51-46(44-40-22-11-12-25-43(40)55-47(41)44)42-30-35-18-7-8-19-36(35)38-20-9-10-21-39(38)42/h1-30H. The summed E-state index contributed by atoms with van der Waals surface area (Å²) in [6.45, 7) is 0. The van der Waals surface area contributed by atoms with Crippen molar-refractivity contribution < 1.29 is 0 Å². The van der Waals surface area contributed by atoms with E-state index in [2.05, 4.69) is 121 Å². The van der Waals surface area contributed by atoms with E-state index in [9.17, 15) is 0 Å². The Bertz CT molecular complexity index is 3190. The van der Waals surface area contributed by atoms with Crippen molar-refractivity contribution in [1.82, 2.24) is 19.9 Å². The third-order valence-corrected chi connectivity index (χ3v) is 11.7. The molecule has 0 spiro atoms. The Morgan fingerprint density at radius 2 is 0.873 bits per heavy atom. The maximum Gasteiger partial charge on any atom is 0.164 e. The lowest BCUT2D eigenvalue weighted by atomic mass is 9.92. The number of para-hydroxylation sites is 1. The highest BCUT2D eigenvalue weighted by Crippen LogP contribution is 2.46. The number of benzene rings is 8. The molecular weight excluding hydrogens is 689 g/mol. The van der Waals surface area contributed by atoms with Crippen molar-refractivity contribution in [3.05, 3.63) is 182 Å². The predicted molar refractivity (Wildman–Crippen MR) is 230 cm³/mol. The van der Waals surface area contributed by atoms with E-state index in [1.54, 1.807) is 0 Å². The van der Waals surface area contributed by atoms with Gasteiger partial charge in [-0.3, -0.25) is 0 Å². The van der Waals surface area contributed by atoms with E-state index in [-0.39, 0.29) is 0 Å². The van der Waals surface area contributed by atoms with Crippen LogP contribution in [0.15, 0.2) is 182 Å². The fourth-order valence-electron chi connectivity index (χ4n) is 7.90. The Balaban J connectivity index is 1.11. The van der Waals surface area contributed by atoms with Gasteiger partial charge in [0.05, 0.1) is 11.2 Å². The smallest absolute Gasteiger partial charge is 0.164 e. The zero-order chi connectivity index (χ0) is 36.3. The Kier molecular flexibility index (Phi) is 7.32. The molecule has 5 heteroatoms. The molecule has 11 rings (SSSR count). The number of thiophene rings is 1. The van der Waals surface area contributed by atoms with Crippen molar-refractivity contribution in [2.24, 2.45) is 0 Å². The molecule has 0 aliphatic heterocycles. The van der Waals surface area contributed by atoms with Crippen molar-refractivity contribution >= 4 is 64.0 Å². The molecule has 0 N–H and O–H groups in total. The van der Waals surface area contributed by atoms with E-state index >= 15 is 0 Å². The molecule has 0 saturated carbocycles. The van der Waals surface area contributed by atoms with E-state index in [0.29, 0.717) is 17.5 Å². The van der Waals surface area contributed by atoms with Crippen LogP contribution in [0.25, 0.3) is 109 Å². The molecule has 0 atom stereocenters. The molecule has 0 unspecified atom stereocenters. The molecule has 8 aromatic carbocycles. The van der Waals surface area contributed by atoms with Gasteiger partial charge in [0.15, 0.2) is 17.5 Å². The molecule has 256 valence electrons. The fraction of sp³-hybridized carbons (Fsp3) is 0. The minimum absolute atomic E-state index is 0.632. The van der Waals surface area contributed by atoms with Gasteiger partial charge in [0.25, 0.3) is 0 Å². The average Bonchev–Trinajstić information content (AvgIpc) is 3.66. The van der Waals surface area contributed by atoms with E-state index in [0.717, 1.165) is 50.0 Å². The first-order valence-electron chi connectivity index (χ1n) is 18.4. The topological polar surface area (TPSA) is 51.6 Å². The molecule has 0 radical (unpaired) electrons. The predicted octanol–water partition coefficient (Wildman–Crippen LogP) is 13.4. The first-order valence-corrected chi connectivity index (χ1v) is 19.2. The van der Waals surface area contributed by atoms with Crippen LogP contribution in [0.1, 0.15) is 0 Å². The Hall–Kier alpha value is -7.08. The summed E-state index contributed by atoms with van der Waals surface area (Å²) < 4.78 is 2.51. The summed E-state index contributed by atoms with van der Waals surface area (Å²) in [6.07, 6.45) is 0. The highest BCUT2D eigenvalue weighted by atomic mass is 32.1. The average molecular weight is 719 g/mol. The first-order chi connectivity index (χ1) is 27.3. The second-order valence-electron chi connectivity index (χ2n) is 13.8. The van der Waals surface area contributed by atoms with Crippen molar-refractivity contribution in [3.63, 3.8) is 0 Å². The highest BCUT2D eigenvalue weighted by Gasteiger charge is 2.21. The molecule has 4 nitrogen and oxygen atoms in total. The van der Waals surface area contributed by atoms with E-state index in [4.69, 9.17) is 19.9 Å². The number of fused-ring (bicyclic) bond motifs is 8. The zero-order valence-corrected chi connectivity index (χ0v) is 30.3. The second kappa shape index (κ2) is 12.8. The van der Waals surface area contributed by atoms with Gasteiger partial charge in [-0.05, 0) is 39.2 Å². The summed E-state index contributed by atoms with van der Waals surface area (Å²) in [4.78, 5) is 20.5. The number of hydrogen-bond donors (Lipinski definition) is 0. The lowest BCUT2D eigenvalue weighted by Crippen LogP contribution is -2.00. The second-order valence-corrected chi connectivity index (χ2v) is 14.8. The lowest BCUT2D eigenvalue weighted by molar-refractivity contribution is 1.07. The Morgan fingerprint density at radius 3 is 1.56 bits per heavy atom. The lowest BCUT2D eigenvalue weighted by Gasteiger charge is -2.15. The molecule has 11 aromatic rings. The number of hydrogen-bond acceptors (Lipinski definition) is 5. The van der Waals surface area contributed by atoms with Crippen LogP contribution in [-0.2, 0) is 0 Å². The number of aromatic nitrogens is 4. The van der Waals surface area contributed by atoms with Gasteiger partial charge < -0.3 is 0 Å². The van der Waals surface area contributed by atoms with Crippen LogP contribution < -0.4 is 0 Å². The monoisotopic (exact) mass is 718 g/mol. The van der Waals surface area contributed by atoms with Gasteiger partial charge in [-0.25, -0.2) is 19.9 Å². The van der Waals surface area contributed by atoms with E-state index in [1.165, 1.54) is 41.7 Å². The number of pyridine rings is 1. The maximum atomic E-state index is 5.67. The van der Waals surface area contributed by atoms with Crippen LogP contribution in [0.3, 0.4) is 0 Å². The molecule has 0 amide bonds. The van der Waals surface area contributed by atoms with Gasteiger partial charge in [-0.1, -0.05) is 170 Å². The summed E-state index contributed by atoms with van der Waals surface area (Å²) in [5.41, 5.74) is 8.13. The minimum Gasteiger partial charge on any atom is -0.246 e. The molecule has 0 fully saturated rings. The molecule has 3 aromatic heterocycles. The molecule has 3 heterocycles.